The fraction of sp³-hybridized carbons (Fsp3) is 0.895. The first-order chi connectivity index (χ1) is 8.68. The Labute approximate surface area is 123 Å². The average Bonchev–Trinajstić information content (AvgIpc) is 2.25. The zero-order chi connectivity index (χ0) is 15.1. The van der Waals surface area contributed by atoms with Crippen LogP contribution in [0.5, 0.6) is 0 Å². The molecule has 0 rings (SSSR count). The maximum atomic E-state index is 2.48. The van der Waals surface area contributed by atoms with Gasteiger partial charge in [-0.3, -0.25) is 0 Å². The van der Waals surface area contributed by atoms with Crippen molar-refractivity contribution in [3.05, 3.63) is 12.2 Å². The van der Waals surface area contributed by atoms with Crippen molar-refractivity contribution in [3.63, 3.8) is 0 Å². The van der Waals surface area contributed by atoms with Crippen LogP contribution in [0.3, 0.4) is 0 Å². The molecule has 0 spiro atoms. The number of hydrogen-bond acceptors (Lipinski definition) is 0. The monoisotopic (exact) mass is 266 g/mol. The molecule has 0 saturated heterocycles. The number of rotatable bonds is 8. The third kappa shape index (κ3) is 7.18. The lowest BCUT2D eigenvalue weighted by molar-refractivity contribution is 0.109. The second kappa shape index (κ2) is 8.12. The van der Waals surface area contributed by atoms with Crippen LogP contribution in [0.2, 0.25) is 0 Å². The molecule has 19 heavy (non-hydrogen) atoms. The van der Waals surface area contributed by atoms with Crippen LogP contribution < -0.4 is 0 Å². The molecule has 0 heteroatoms. The third-order valence-electron chi connectivity index (χ3n) is 4.25. The molecule has 0 nitrogen and oxygen atoms in total. The van der Waals surface area contributed by atoms with Crippen LogP contribution in [0.15, 0.2) is 12.2 Å². The van der Waals surface area contributed by atoms with Crippen molar-refractivity contribution in [1.29, 1.82) is 0 Å². The predicted octanol–water partition coefficient (Wildman–Crippen LogP) is 6.86. The SMILES string of the molecule is CC=CC(C(CC)CCCC)C(C)(C)CC(C)(C)C. The molecule has 0 aromatic heterocycles. The molecule has 0 saturated carbocycles. The van der Waals surface area contributed by atoms with Gasteiger partial charge in [0, 0.05) is 0 Å². The smallest absolute Gasteiger partial charge is 0.0154 e. The van der Waals surface area contributed by atoms with Crippen molar-refractivity contribution >= 4 is 0 Å². The molecule has 0 aliphatic carbocycles. The van der Waals surface area contributed by atoms with Crippen LogP contribution in [-0.4, -0.2) is 0 Å². The molecule has 2 atom stereocenters. The van der Waals surface area contributed by atoms with Gasteiger partial charge in [-0.05, 0) is 42.4 Å². The summed E-state index contributed by atoms with van der Waals surface area (Å²) in [4.78, 5) is 0. The van der Waals surface area contributed by atoms with E-state index in [1.54, 1.807) is 0 Å². The summed E-state index contributed by atoms with van der Waals surface area (Å²) in [6, 6.07) is 0. The van der Waals surface area contributed by atoms with E-state index in [1.807, 2.05) is 0 Å². The summed E-state index contributed by atoms with van der Waals surface area (Å²) in [6.45, 7) is 18.9. The predicted molar refractivity (Wildman–Crippen MR) is 89.5 cm³/mol. The van der Waals surface area contributed by atoms with Crippen LogP contribution in [-0.2, 0) is 0 Å². The van der Waals surface area contributed by atoms with Gasteiger partial charge < -0.3 is 0 Å². The summed E-state index contributed by atoms with van der Waals surface area (Å²) in [7, 11) is 0. The Morgan fingerprint density at radius 3 is 1.95 bits per heavy atom. The van der Waals surface area contributed by atoms with Crippen molar-refractivity contribution in [2.75, 3.05) is 0 Å². The highest BCUT2D eigenvalue weighted by atomic mass is 14.4. The molecular formula is C19H38. The third-order valence-corrected chi connectivity index (χ3v) is 4.25. The number of hydrogen-bond donors (Lipinski definition) is 0. The highest BCUT2D eigenvalue weighted by molar-refractivity contribution is 4.98. The van der Waals surface area contributed by atoms with Gasteiger partial charge in [0.1, 0.15) is 0 Å². The van der Waals surface area contributed by atoms with Crippen molar-refractivity contribution in [2.24, 2.45) is 22.7 Å². The van der Waals surface area contributed by atoms with Gasteiger partial charge in [0.25, 0.3) is 0 Å². The first-order valence-electron chi connectivity index (χ1n) is 8.30. The first-order valence-corrected chi connectivity index (χ1v) is 8.30. The van der Waals surface area contributed by atoms with E-state index in [2.05, 4.69) is 67.5 Å². The van der Waals surface area contributed by atoms with Gasteiger partial charge in [0.15, 0.2) is 0 Å². The maximum absolute atomic E-state index is 2.48. The maximum Gasteiger partial charge on any atom is -0.0154 e. The zero-order valence-electron chi connectivity index (χ0n) is 14.8. The molecule has 0 aromatic rings. The van der Waals surface area contributed by atoms with Gasteiger partial charge in [-0.2, -0.15) is 0 Å². The molecule has 0 aromatic carbocycles. The van der Waals surface area contributed by atoms with E-state index >= 15 is 0 Å². The first kappa shape index (κ1) is 18.7. The summed E-state index contributed by atoms with van der Waals surface area (Å²) in [5.41, 5.74) is 0.797. The van der Waals surface area contributed by atoms with Crippen molar-refractivity contribution in [1.82, 2.24) is 0 Å². The quantitative estimate of drug-likeness (QED) is 0.421. The number of allylic oxidation sites excluding steroid dienone is 2. The molecule has 0 N–H and O–H groups in total. The Bertz CT molecular complexity index is 252. The fourth-order valence-corrected chi connectivity index (χ4v) is 3.85. The Hall–Kier alpha value is -0.260. The molecule has 0 aliphatic rings. The highest BCUT2D eigenvalue weighted by Crippen LogP contribution is 2.45. The summed E-state index contributed by atoms with van der Waals surface area (Å²) >= 11 is 0. The second-order valence-electron chi connectivity index (χ2n) is 8.09. The van der Waals surface area contributed by atoms with Gasteiger partial charge in [0.2, 0.25) is 0 Å². The van der Waals surface area contributed by atoms with E-state index in [0.717, 1.165) is 5.92 Å². The van der Waals surface area contributed by atoms with Crippen LogP contribution in [0, 0.1) is 22.7 Å². The summed E-state index contributed by atoms with van der Waals surface area (Å²) in [5.74, 6) is 1.56. The summed E-state index contributed by atoms with van der Waals surface area (Å²) in [5, 5.41) is 0. The lowest BCUT2D eigenvalue weighted by atomic mass is 9.63. The normalized spacial score (nSPS) is 16.8. The minimum Gasteiger partial charge on any atom is -0.0914 e. The Morgan fingerprint density at radius 2 is 1.58 bits per heavy atom. The van der Waals surface area contributed by atoms with Crippen molar-refractivity contribution in [3.8, 4) is 0 Å². The average molecular weight is 267 g/mol. The number of unbranched alkanes of at least 4 members (excludes halogenated alkanes) is 1. The highest BCUT2D eigenvalue weighted by Gasteiger charge is 2.35. The zero-order valence-corrected chi connectivity index (χ0v) is 14.8. The van der Waals surface area contributed by atoms with Crippen LogP contribution in [0.4, 0.5) is 0 Å². The molecule has 0 heterocycles. The van der Waals surface area contributed by atoms with Crippen LogP contribution >= 0.6 is 0 Å². The van der Waals surface area contributed by atoms with Crippen LogP contribution in [0.25, 0.3) is 0 Å². The minimum absolute atomic E-state index is 0.388. The molecule has 0 bridgehead atoms. The molecule has 0 amide bonds. The van der Waals surface area contributed by atoms with E-state index in [9.17, 15) is 0 Å². The Morgan fingerprint density at radius 1 is 1.00 bits per heavy atom. The molecule has 0 radical (unpaired) electrons. The molecule has 0 fully saturated rings. The van der Waals surface area contributed by atoms with Gasteiger partial charge in [-0.15, -0.1) is 0 Å². The Balaban J connectivity index is 5.04. The lowest BCUT2D eigenvalue weighted by Crippen LogP contribution is -2.33. The van der Waals surface area contributed by atoms with Crippen molar-refractivity contribution < 1.29 is 0 Å². The second-order valence-corrected chi connectivity index (χ2v) is 8.09. The van der Waals surface area contributed by atoms with E-state index in [-0.39, 0.29) is 0 Å². The van der Waals surface area contributed by atoms with E-state index in [4.69, 9.17) is 0 Å². The standard InChI is InChI=1S/C19H38/c1-9-12-14-16(11-3)17(13-10-2)19(7,8)15-18(4,5)6/h10,13,16-17H,9,11-12,14-15H2,1-8H3. The van der Waals surface area contributed by atoms with Crippen molar-refractivity contribution in [2.45, 2.75) is 87.5 Å². The largest absolute Gasteiger partial charge is 0.0914 e. The van der Waals surface area contributed by atoms with E-state index < -0.39 is 0 Å². The summed E-state index contributed by atoms with van der Waals surface area (Å²) in [6.07, 6.45) is 11.4. The van der Waals surface area contributed by atoms with Gasteiger partial charge in [-0.1, -0.05) is 79.9 Å². The van der Waals surface area contributed by atoms with E-state index in [0.29, 0.717) is 16.7 Å². The lowest BCUT2D eigenvalue weighted by Gasteiger charge is -2.42. The molecule has 0 aliphatic heterocycles. The van der Waals surface area contributed by atoms with Gasteiger partial charge >= 0.3 is 0 Å². The van der Waals surface area contributed by atoms with Crippen LogP contribution in [0.1, 0.15) is 87.5 Å². The molecule has 114 valence electrons. The minimum atomic E-state index is 0.388. The molecule has 2 unspecified atom stereocenters. The van der Waals surface area contributed by atoms with Gasteiger partial charge in [-0.25, -0.2) is 0 Å². The summed E-state index contributed by atoms with van der Waals surface area (Å²) < 4.78 is 0. The topological polar surface area (TPSA) is 0 Å². The van der Waals surface area contributed by atoms with Gasteiger partial charge in [0.05, 0.1) is 0 Å². The van der Waals surface area contributed by atoms with E-state index in [1.165, 1.54) is 32.1 Å². The Kier molecular flexibility index (Phi) is 8.01. The fourth-order valence-electron chi connectivity index (χ4n) is 3.85. The molecular weight excluding hydrogens is 228 g/mol.